The van der Waals surface area contributed by atoms with E-state index in [1.54, 1.807) is 0 Å². The first-order valence-corrected chi connectivity index (χ1v) is 8.38. The average Bonchev–Trinajstić information content (AvgIpc) is 2.94. The maximum Gasteiger partial charge on any atom is 0.224 e. The lowest BCUT2D eigenvalue weighted by molar-refractivity contribution is -0.116. The summed E-state index contributed by atoms with van der Waals surface area (Å²) in [6, 6.07) is 11.6. The molecule has 0 unspecified atom stereocenters. The largest absolute Gasteiger partial charge is 0.326 e. The van der Waals surface area contributed by atoms with E-state index in [0.29, 0.717) is 0 Å². The van der Waals surface area contributed by atoms with Gasteiger partial charge in [0.05, 0.1) is 4.88 Å². The molecule has 0 aliphatic carbocycles. The molecule has 1 aromatic heterocycles. The third kappa shape index (κ3) is 4.81. The number of aryl methyl sites for hydroxylation is 2. The fraction of sp³-hybridized carbons (Fsp3) is 0.333. The molecule has 0 aliphatic rings. The number of amides is 1. The Kier molecular flexibility index (Phi) is 5.90. The van der Waals surface area contributed by atoms with Gasteiger partial charge in [0.15, 0.2) is 5.78 Å². The van der Waals surface area contributed by atoms with Crippen molar-refractivity contribution >= 4 is 28.7 Å². The number of carbonyl (C=O) groups is 2. The molecule has 1 aromatic carbocycles. The van der Waals surface area contributed by atoms with E-state index in [0.717, 1.165) is 28.3 Å². The number of carbonyl (C=O) groups excluding carboxylic acids is 2. The lowest BCUT2D eigenvalue weighted by atomic mass is 10.1. The molecule has 116 valence electrons. The molecule has 0 saturated carbocycles. The summed E-state index contributed by atoms with van der Waals surface area (Å²) < 4.78 is 0. The summed E-state index contributed by atoms with van der Waals surface area (Å²) in [6.07, 6.45) is 2.62. The molecule has 0 atom stereocenters. The number of thiophene rings is 1. The minimum Gasteiger partial charge on any atom is -0.326 e. The lowest BCUT2D eigenvalue weighted by Crippen LogP contribution is -2.13. The molecular weight excluding hydrogens is 294 g/mol. The zero-order chi connectivity index (χ0) is 15.9. The van der Waals surface area contributed by atoms with Gasteiger partial charge in [-0.25, -0.2) is 0 Å². The molecular formula is C18H21NO2S. The van der Waals surface area contributed by atoms with Crippen LogP contribution in [0.2, 0.25) is 0 Å². The Bertz CT molecular complexity index is 643. The second-order valence-electron chi connectivity index (χ2n) is 5.33. The van der Waals surface area contributed by atoms with E-state index in [9.17, 15) is 9.59 Å². The first kappa shape index (κ1) is 16.4. The van der Waals surface area contributed by atoms with Crippen LogP contribution < -0.4 is 5.32 Å². The molecule has 0 radical (unpaired) electrons. The van der Waals surface area contributed by atoms with E-state index in [4.69, 9.17) is 0 Å². The third-order valence-corrected chi connectivity index (χ3v) is 4.41. The van der Waals surface area contributed by atoms with Crippen LogP contribution in [0, 0.1) is 6.92 Å². The molecule has 4 heteroatoms. The van der Waals surface area contributed by atoms with E-state index in [1.807, 2.05) is 43.3 Å². The number of ketones is 1. The van der Waals surface area contributed by atoms with Crippen molar-refractivity contribution in [1.29, 1.82) is 0 Å². The van der Waals surface area contributed by atoms with E-state index >= 15 is 0 Å². The van der Waals surface area contributed by atoms with Crippen LogP contribution >= 0.6 is 11.3 Å². The number of Topliss-reactive ketones (excluding diaryl/α,β-unsaturated/α-hetero) is 1. The van der Waals surface area contributed by atoms with Crippen molar-refractivity contribution in [3.05, 3.63) is 51.7 Å². The van der Waals surface area contributed by atoms with Gasteiger partial charge in [0.25, 0.3) is 0 Å². The van der Waals surface area contributed by atoms with Gasteiger partial charge < -0.3 is 5.32 Å². The van der Waals surface area contributed by atoms with E-state index in [-0.39, 0.29) is 24.5 Å². The second-order valence-corrected chi connectivity index (χ2v) is 6.62. The monoisotopic (exact) mass is 315 g/mol. The summed E-state index contributed by atoms with van der Waals surface area (Å²) in [5.41, 5.74) is 2.05. The van der Waals surface area contributed by atoms with Gasteiger partial charge >= 0.3 is 0 Å². The Morgan fingerprint density at radius 2 is 1.77 bits per heavy atom. The highest BCUT2D eigenvalue weighted by Crippen LogP contribution is 2.18. The van der Waals surface area contributed by atoms with Gasteiger partial charge in [0.2, 0.25) is 5.91 Å². The number of benzene rings is 1. The standard InChI is InChI=1S/C18H21NO2S/c1-3-4-14-6-8-15(9-7-14)19-18(21)12-10-16(20)17-11-5-13(2)22-17/h5-9,11H,3-4,10,12H2,1-2H3,(H,19,21). The number of hydrogen-bond donors (Lipinski definition) is 1. The fourth-order valence-electron chi connectivity index (χ4n) is 2.20. The van der Waals surface area contributed by atoms with Crippen LogP contribution in [0.4, 0.5) is 5.69 Å². The summed E-state index contributed by atoms with van der Waals surface area (Å²) in [4.78, 5) is 25.7. The van der Waals surface area contributed by atoms with Gasteiger partial charge in [0, 0.05) is 23.4 Å². The minimum absolute atomic E-state index is 0.0338. The Labute approximate surface area is 135 Å². The summed E-state index contributed by atoms with van der Waals surface area (Å²) >= 11 is 1.48. The Morgan fingerprint density at radius 3 is 2.36 bits per heavy atom. The molecule has 1 amide bonds. The van der Waals surface area contributed by atoms with Crippen molar-refractivity contribution in [2.75, 3.05) is 5.32 Å². The summed E-state index contributed by atoms with van der Waals surface area (Å²) in [6.45, 7) is 4.11. The minimum atomic E-state index is -0.120. The molecule has 0 saturated heterocycles. The molecule has 3 nitrogen and oxygen atoms in total. The molecule has 1 N–H and O–H groups in total. The van der Waals surface area contributed by atoms with Crippen LogP contribution in [0.5, 0.6) is 0 Å². The van der Waals surface area contributed by atoms with Crippen molar-refractivity contribution in [3.63, 3.8) is 0 Å². The van der Waals surface area contributed by atoms with Gasteiger partial charge in [-0.2, -0.15) is 0 Å². The predicted octanol–water partition coefficient (Wildman–Crippen LogP) is 4.61. The molecule has 1 heterocycles. The van der Waals surface area contributed by atoms with Crippen molar-refractivity contribution in [2.45, 2.75) is 39.5 Å². The van der Waals surface area contributed by atoms with Crippen LogP contribution in [0.3, 0.4) is 0 Å². The molecule has 2 rings (SSSR count). The van der Waals surface area contributed by atoms with Gasteiger partial charge in [-0.1, -0.05) is 25.5 Å². The number of hydrogen-bond acceptors (Lipinski definition) is 3. The van der Waals surface area contributed by atoms with Crippen LogP contribution in [-0.4, -0.2) is 11.7 Å². The topological polar surface area (TPSA) is 46.2 Å². The first-order chi connectivity index (χ1) is 10.6. The highest BCUT2D eigenvalue weighted by Gasteiger charge is 2.11. The Morgan fingerprint density at radius 1 is 1.05 bits per heavy atom. The van der Waals surface area contributed by atoms with Gasteiger partial charge in [-0.3, -0.25) is 9.59 Å². The quantitative estimate of drug-likeness (QED) is 0.758. The number of rotatable bonds is 7. The van der Waals surface area contributed by atoms with Crippen LogP contribution in [-0.2, 0) is 11.2 Å². The lowest BCUT2D eigenvalue weighted by Gasteiger charge is -2.06. The predicted molar refractivity (Wildman–Crippen MR) is 91.7 cm³/mol. The number of anilines is 1. The third-order valence-electron chi connectivity index (χ3n) is 3.37. The van der Waals surface area contributed by atoms with Crippen LogP contribution in [0.15, 0.2) is 36.4 Å². The smallest absolute Gasteiger partial charge is 0.224 e. The van der Waals surface area contributed by atoms with Crippen molar-refractivity contribution in [2.24, 2.45) is 0 Å². The molecule has 0 bridgehead atoms. The normalized spacial score (nSPS) is 10.5. The summed E-state index contributed by atoms with van der Waals surface area (Å²) in [5.74, 6) is -0.0867. The molecule has 2 aromatic rings. The maximum absolute atomic E-state index is 12.0. The zero-order valence-electron chi connectivity index (χ0n) is 13.0. The zero-order valence-corrected chi connectivity index (χ0v) is 13.8. The average molecular weight is 315 g/mol. The van der Waals surface area contributed by atoms with Crippen molar-refractivity contribution in [1.82, 2.24) is 0 Å². The summed E-state index contributed by atoms with van der Waals surface area (Å²) in [5, 5.41) is 2.84. The maximum atomic E-state index is 12.0. The molecule has 0 spiro atoms. The Balaban J connectivity index is 1.81. The molecule has 0 fully saturated rings. The molecule has 0 aliphatic heterocycles. The van der Waals surface area contributed by atoms with Crippen molar-refractivity contribution in [3.8, 4) is 0 Å². The highest BCUT2D eigenvalue weighted by molar-refractivity contribution is 7.14. The van der Waals surface area contributed by atoms with Gasteiger partial charge in [-0.05, 0) is 43.2 Å². The first-order valence-electron chi connectivity index (χ1n) is 7.57. The number of nitrogens with one attached hydrogen (secondary N) is 1. The fourth-order valence-corrected chi connectivity index (χ4v) is 3.04. The highest BCUT2D eigenvalue weighted by atomic mass is 32.1. The SMILES string of the molecule is CCCc1ccc(NC(=O)CCC(=O)c2ccc(C)s2)cc1. The van der Waals surface area contributed by atoms with Gasteiger partial charge in [0.1, 0.15) is 0 Å². The second kappa shape index (κ2) is 7.90. The van der Waals surface area contributed by atoms with Gasteiger partial charge in [-0.15, -0.1) is 11.3 Å². The van der Waals surface area contributed by atoms with Crippen LogP contribution in [0.25, 0.3) is 0 Å². The van der Waals surface area contributed by atoms with E-state index in [1.165, 1.54) is 16.9 Å². The summed E-state index contributed by atoms with van der Waals surface area (Å²) in [7, 11) is 0. The molecule has 22 heavy (non-hydrogen) atoms. The Hall–Kier alpha value is -1.94. The van der Waals surface area contributed by atoms with E-state index < -0.39 is 0 Å². The van der Waals surface area contributed by atoms with Crippen LogP contribution in [0.1, 0.15) is 46.3 Å². The van der Waals surface area contributed by atoms with Crippen molar-refractivity contribution < 1.29 is 9.59 Å². The van der Waals surface area contributed by atoms with E-state index in [2.05, 4.69) is 12.2 Å².